The van der Waals surface area contributed by atoms with Gasteiger partial charge in [0.1, 0.15) is 0 Å². The van der Waals surface area contributed by atoms with Crippen molar-refractivity contribution in [3.8, 4) is 0 Å². The first-order chi connectivity index (χ1) is 6.06. The molecule has 0 aromatic carbocycles. The van der Waals surface area contributed by atoms with E-state index in [1.54, 1.807) is 0 Å². The van der Waals surface area contributed by atoms with Crippen molar-refractivity contribution < 1.29 is 9.90 Å². The summed E-state index contributed by atoms with van der Waals surface area (Å²) in [5, 5.41) is 8.50. The van der Waals surface area contributed by atoms with Crippen molar-refractivity contribution >= 4 is 5.97 Å². The third-order valence-corrected chi connectivity index (χ3v) is 1.95. The molecule has 0 heterocycles. The van der Waals surface area contributed by atoms with Crippen LogP contribution in [0.4, 0.5) is 0 Å². The quantitative estimate of drug-likeness (QED) is 0.626. The maximum absolute atomic E-state index is 10.3. The second-order valence-electron chi connectivity index (χ2n) is 3.38. The Morgan fingerprint density at radius 2 is 1.85 bits per heavy atom. The minimum atomic E-state index is -0.719. The summed E-state index contributed by atoms with van der Waals surface area (Å²) >= 11 is 0. The summed E-state index contributed by atoms with van der Waals surface area (Å²) in [6.45, 7) is 5.54. The highest BCUT2D eigenvalue weighted by atomic mass is 16.4. The van der Waals surface area contributed by atoms with E-state index < -0.39 is 5.97 Å². The van der Waals surface area contributed by atoms with Crippen molar-refractivity contribution in [1.29, 1.82) is 0 Å². The van der Waals surface area contributed by atoms with Crippen LogP contribution in [-0.2, 0) is 4.79 Å². The van der Waals surface area contributed by atoms with Crippen molar-refractivity contribution in [2.75, 3.05) is 40.3 Å². The summed E-state index contributed by atoms with van der Waals surface area (Å²) in [6, 6.07) is 0. The largest absolute Gasteiger partial charge is 0.481 e. The lowest BCUT2D eigenvalue weighted by molar-refractivity contribution is -0.137. The number of hydrogen-bond acceptors (Lipinski definition) is 3. The van der Waals surface area contributed by atoms with E-state index in [-0.39, 0.29) is 6.42 Å². The number of carboxylic acids is 1. The van der Waals surface area contributed by atoms with Crippen LogP contribution < -0.4 is 0 Å². The van der Waals surface area contributed by atoms with Crippen LogP contribution in [0.25, 0.3) is 0 Å². The molecule has 4 nitrogen and oxygen atoms in total. The van der Waals surface area contributed by atoms with E-state index in [1.807, 2.05) is 14.1 Å². The van der Waals surface area contributed by atoms with Gasteiger partial charge in [0.05, 0.1) is 6.42 Å². The van der Waals surface area contributed by atoms with Crippen molar-refractivity contribution in [3.05, 3.63) is 0 Å². The normalized spacial score (nSPS) is 11.2. The lowest BCUT2D eigenvalue weighted by atomic mass is 10.3. The van der Waals surface area contributed by atoms with Gasteiger partial charge in [0.2, 0.25) is 0 Å². The number of nitrogens with zero attached hydrogens (tertiary/aromatic N) is 2. The Kier molecular flexibility index (Phi) is 6.54. The number of carboxylic acid groups (broad SMARTS) is 1. The number of rotatable bonds is 7. The molecular weight excluding hydrogens is 168 g/mol. The summed E-state index contributed by atoms with van der Waals surface area (Å²) in [5.74, 6) is -0.719. The summed E-state index contributed by atoms with van der Waals surface area (Å²) < 4.78 is 0. The number of carbonyl (C=O) groups is 1. The highest BCUT2D eigenvalue weighted by molar-refractivity contribution is 5.66. The number of hydrogen-bond donors (Lipinski definition) is 1. The van der Waals surface area contributed by atoms with E-state index in [0.717, 1.165) is 19.6 Å². The molecule has 0 aromatic heterocycles. The molecule has 0 aliphatic rings. The van der Waals surface area contributed by atoms with Crippen molar-refractivity contribution in [2.45, 2.75) is 13.3 Å². The summed E-state index contributed by atoms with van der Waals surface area (Å²) in [6.07, 6.45) is 0.237. The predicted molar refractivity (Wildman–Crippen MR) is 52.9 cm³/mol. The molecule has 0 rings (SSSR count). The lowest BCUT2D eigenvalue weighted by Gasteiger charge is -2.21. The standard InChI is InChI=1S/C9H20N2O2/c1-4-11(6-5-9(12)13)8-7-10(2)3/h4-8H2,1-3H3,(H,12,13). The first kappa shape index (κ1) is 12.4. The molecule has 78 valence electrons. The third-order valence-electron chi connectivity index (χ3n) is 1.95. The van der Waals surface area contributed by atoms with Crippen LogP contribution in [-0.4, -0.2) is 61.2 Å². The van der Waals surface area contributed by atoms with Gasteiger partial charge >= 0.3 is 5.97 Å². The Morgan fingerprint density at radius 3 is 2.23 bits per heavy atom. The molecule has 0 radical (unpaired) electrons. The molecule has 0 aliphatic carbocycles. The monoisotopic (exact) mass is 188 g/mol. The van der Waals surface area contributed by atoms with Crippen molar-refractivity contribution in [3.63, 3.8) is 0 Å². The van der Waals surface area contributed by atoms with Gasteiger partial charge in [-0.1, -0.05) is 6.92 Å². The van der Waals surface area contributed by atoms with E-state index >= 15 is 0 Å². The van der Waals surface area contributed by atoms with Crippen LogP contribution in [0.15, 0.2) is 0 Å². The van der Waals surface area contributed by atoms with Crippen molar-refractivity contribution in [2.24, 2.45) is 0 Å². The van der Waals surface area contributed by atoms with E-state index in [0.29, 0.717) is 6.54 Å². The highest BCUT2D eigenvalue weighted by Crippen LogP contribution is 1.91. The van der Waals surface area contributed by atoms with Gasteiger partial charge in [-0.05, 0) is 20.6 Å². The maximum Gasteiger partial charge on any atom is 0.304 e. The van der Waals surface area contributed by atoms with E-state index in [2.05, 4.69) is 16.7 Å². The van der Waals surface area contributed by atoms with E-state index in [1.165, 1.54) is 0 Å². The average Bonchev–Trinajstić information content (AvgIpc) is 2.04. The van der Waals surface area contributed by atoms with Gasteiger partial charge in [0.25, 0.3) is 0 Å². The third kappa shape index (κ3) is 7.74. The molecule has 0 amide bonds. The Labute approximate surface area is 80.1 Å². The van der Waals surface area contributed by atoms with Gasteiger partial charge in [-0.2, -0.15) is 0 Å². The Morgan fingerprint density at radius 1 is 1.23 bits per heavy atom. The lowest BCUT2D eigenvalue weighted by Crippen LogP contribution is -2.33. The fourth-order valence-electron chi connectivity index (χ4n) is 1.02. The van der Waals surface area contributed by atoms with Crippen LogP contribution in [0, 0.1) is 0 Å². The fourth-order valence-corrected chi connectivity index (χ4v) is 1.02. The molecule has 0 saturated carbocycles. The zero-order chi connectivity index (χ0) is 10.3. The van der Waals surface area contributed by atoms with Gasteiger partial charge in [-0.3, -0.25) is 4.79 Å². The summed E-state index contributed by atoms with van der Waals surface area (Å²) in [7, 11) is 4.04. The molecule has 0 bridgehead atoms. The number of likely N-dealkylation sites (N-methyl/N-ethyl adjacent to an activating group) is 2. The summed E-state index contributed by atoms with van der Waals surface area (Å²) in [4.78, 5) is 14.6. The topological polar surface area (TPSA) is 43.8 Å². The van der Waals surface area contributed by atoms with Gasteiger partial charge in [0.15, 0.2) is 0 Å². The Balaban J connectivity index is 3.57. The van der Waals surface area contributed by atoms with Gasteiger partial charge in [0, 0.05) is 19.6 Å². The zero-order valence-corrected chi connectivity index (χ0v) is 8.79. The first-order valence-electron chi connectivity index (χ1n) is 4.65. The van der Waals surface area contributed by atoms with Crippen LogP contribution in [0.1, 0.15) is 13.3 Å². The molecule has 0 atom stereocenters. The maximum atomic E-state index is 10.3. The minimum Gasteiger partial charge on any atom is -0.481 e. The van der Waals surface area contributed by atoms with Gasteiger partial charge in [-0.15, -0.1) is 0 Å². The van der Waals surface area contributed by atoms with Crippen molar-refractivity contribution in [1.82, 2.24) is 9.80 Å². The molecule has 0 saturated heterocycles. The van der Waals surface area contributed by atoms with E-state index in [4.69, 9.17) is 5.11 Å². The summed E-state index contributed by atoms with van der Waals surface area (Å²) in [5.41, 5.74) is 0. The first-order valence-corrected chi connectivity index (χ1v) is 4.65. The van der Waals surface area contributed by atoms with Crippen LogP contribution in [0.5, 0.6) is 0 Å². The second-order valence-corrected chi connectivity index (χ2v) is 3.38. The average molecular weight is 188 g/mol. The molecule has 0 aliphatic heterocycles. The van der Waals surface area contributed by atoms with Crippen LogP contribution in [0.2, 0.25) is 0 Å². The number of aliphatic carboxylic acids is 1. The molecule has 13 heavy (non-hydrogen) atoms. The molecule has 4 heteroatoms. The SMILES string of the molecule is CCN(CCC(=O)O)CCN(C)C. The molecule has 0 aromatic rings. The Hall–Kier alpha value is -0.610. The van der Waals surface area contributed by atoms with Gasteiger partial charge in [-0.25, -0.2) is 0 Å². The fraction of sp³-hybridized carbons (Fsp3) is 0.889. The molecule has 1 N–H and O–H groups in total. The smallest absolute Gasteiger partial charge is 0.304 e. The van der Waals surface area contributed by atoms with E-state index in [9.17, 15) is 4.79 Å². The molecule has 0 unspecified atom stereocenters. The zero-order valence-electron chi connectivity index (χ0n) is 8.79. The Bertz CT molecular complexity index is 149. The van der Waals surface area contributed by atoms with Gasteiger partial charge < -0.3 is 14.9 Å². The minimum absolute atomic E-state index is 0.237. The molecule has 0 spiro atoms. The molecular formula is C9H20N2O2. The van der Waals surface area contributed by atoms with Crippen LogP contribution in [0.3, 0.4) is 0 Å². The van der Waals surface area contributed by atoms with Crippen LogP contribution >= 0.6 is 0 Å². The molecule has 0 fully saturated rings. The highest BCUT2D eigenvalue weighted by Gasteiger charge is 2.04. The predicted octanol–water partition coefficient (Wildman–Crippen LogP) is 0.345. The second kappa shape index (κ2) is 6.86.